The molecule has 4 heteroatoms. The molecule has 0 saturated heterocycles. The normalized spacial score (nSPS) is 14.4. The third-order valence-corrected chi connectivity index (χ3v) is 3.59. The second-order valence-electron chi connectivity index (χ2n) is 4.12. The Morgan fingerprint density at radius 1 is 1.47 bits per heavy atom. The van der Waals surface area contributed by atoms with Gasteiger partial charge in [-0.15, -0.1) is 0 Å². The minimum atomic E-state index is -0.430. The van der Waals surface area contributed by atoms with Crippen molar-refractivity contribution in [3.63, 3.8) is 0 Å². The lowest BCUT2D eigenvalue weighted by Gasteiger charge is -2.19. The summed E-state index contributed by atoms with van der Waals surface area (Å²) >= 11 is 3.48. The lowest BCUT2D eigenvalue weighted by atomic mass is 9.91. The minimum Gasteiger partial charge on any atom is -0.496 e. The number of ether oxygens (including phenoxy) is 1. The number of nitrogens with two attached hydrogens (primary N) is 1. The molecule has 0 aliphatic carbocycles. The van der Waals surface area contributed by atoms with Crippen LogP contribution in [0.15, 0.2) is 22.7 Å². The number of hydrogen-bond donors (Lipinski definition) is 2. The Labute approximate surface area is 111 Å². The highest BCUT2D eigenvalue weighted by atomic mass is 79.9. The molecule has 3 nitrogen and oxygen atoms in total. The van der Waals surface area contributed by atoms with Crippen molar-refractivity contribution in [2.24, 2.45) is 5.73 Å². The van der Waals surface area contributed by atoms with Crippen molar-refractivity contribution in [3.05, 3.63) is 28.2 Å². The Morgan fingerprint density at radius 3 is 2.65 bits per heavy atom. The lowest BCUT2D eigenvalue weighted by Crippen LogP contribution is -2.22. The van der Waals surface area contributed by atoms with Gasteiger partial charge in [-0.25, -0.2) is 0 Å². The first kappa shape index (κ1) is 14.5. The fourth-order valence-corrected chi connectivity index (χ4v) is 2.46. The Bertz CT molecular complexity index is 357. The molecule has 0 aliphatic rings. The van der Waals surface area contributed by atoms with Crippen LogP contribution in [0.5, 0.6) is 5.75 Å². The molecule has 0 aliphatic heterocycles. The average molecular weight is 302 g/mol. The third kappa shape index (κ3) is 3.98. The second kappa shape index (κ2) is 6.99. The zero-order chi connectivity index (χ0) is 12.8. The summed E-state index contributed by atoms with van der Waals surface area (Å²) in [5.41, 5.74) is 6.65. The van der Waals surface area contributed by atoms with Gasteiger partial charge < -0.3 is 15.6 Å². The maximum absolute atomic E-state index is 9.63. The van der Waals surface area contributed by atoms with E-state index >= 15 is 0 Å². The number of hydrogen-bond acceptors (Lipinski definition) is 3. The van der Waals surface area contributed by atoms with Gasteiger partial charge in [0.1, 0.15) is 5.75 Å². The van der Waals surface area contributed by atoms with Gasteiger partial charge in [-0.2, -0.15) is 0 Å². The van der Waals surface area contributed by atoms with E-state index in [1.807, 2.05) is 12.1 Å². The molecule has 3 N–H and O–H groups in total. The highest BCUT2D eigenvalue weighted by Crippen LogP contribution is 2.31. The monoisotopic (exact) mass is 301 g/mol. The fourth-order valence-electron chi connectivity index (χ4n) is 1.90. The Kier molecular flexibility index (Phi) is 5.95. The van der Waals surface area contributed by atoms with E-state index in [0.717, 1.165) is 16.6 Å². The third-order valence-electron chi connectivity index (χ3n) is 2.97. The molecule has 0 radical (unpaired) electrons. The van der Waals surface area contributed by atoms with E-state index in [2.05, 4.69) is 28.9 Å². The summed E-state index contributed by atoms with van der Waals surface area (Å²) in [5.74, 6) is 1.15. The van der Waals surface area contributed by atoms with Crippen LogP contribution in [-0.2, 0) is 0 Å². The van der Waals surface area contributed by atoms with Crippen molar-refractivity contribution in [3.8, 4) is 5.75 Å². The van der Waals surface area contributed by atoms with E-state index in [1.54, 1.807) is 7.11 Å². The zero-order valence-corrected chi connectivity index (χ0v) is 11.9. The van der Waals surface area contributed by atoms with Crippen LogP contribution < -0.4 is 10.5 Å². The van der Waals surface area contributed by atoms with Gasteiger partial charge in [-0.3, -0.25) is 0 Å². The number of rotatable bonds is 6. The van der Waals surface area contributed by atoms with Crippen molar-refractivity contribution in [2.75, 3.05) is 13.7 Å². The summed E-state index contributed by atoms with van der Waals surface area (Å²) in [6.45, 7) is 2.43. The Hall–Kier alpha value is -0.580. The number of aliphatic hydroxyl groups excluding tert-OH is 1. The summed E-state index contributed by atoms with van der Waals surface area (Å²) in [6, 6.07) is 6.04. The first-order valence-corrected chi connectivity index (χ1v) is 6.63. The molecular weight excluding hydrogens is 282 g/mol. The quantitative estimate of drug-likeness (QED) is 0.849. The molecule has 0 bridgehead atoms. The smallest absolute Gasteiger partial charge is 0.133 e. The largest absolute Gasteiger partial charge is 0.496 e. The van der Waals surface area contributed by atoms with E-state index in [9.17, 15) is 5.11 Å². The summed E-state index contributed by atoms with van der Waals surface area (Å²) in [5, 5.41) is 9.63. The molecule has 1 aromatic carbocycles. The van der Waals surface area contributed by atoms with Gasteiger partial charge in [0.05, 0.1) is 17.7 Å². The minimum absolute atomic E-state index is 0.313. The maximum atomic E-state index is 9.63. The van der Waals surface area contributed by atoms with Crippen LogP contribution in [0.2, 0.25) is 0 Å². The van der Waals surface area contributed by atoms with Crippen LogP contribution in [0.25, 0.3) is 0 Å². The van der Waals surface area contributed by atoms with Crippen LogP contribution in [-0.4, -0.2) is 24.9 Å². The Balaban J connectivity index is 2.85. The molecule has 0 heterocycles. The highest BCUT2D eigenvalue weighted by molar-refractivity contribution is 9.10. The number of halogens is 1. The zero-order valence-electron chi connectivity index (χ0n) is 10.3. The van der Waals surface area contributed by atoms with Gasteiger partial charge in [0, 0.05) is 6.54 Å². The van der Waals surface area contributed by atoms with Crippen LogP contribution in [0.3, 0.4) is 0 Å². The number of methoxy groups -OCH3 is 1. The molecule has 2 unspecified atom stereocenters. The second-order valence-corrected chi connectivity index (χ2v) is 4.98. The van der Waals surface area contributed by atoms with Crippen molar-refractivity contribution in [1.82, 2.24) is 0 Å². The van der Waals surface area contributed by atoms with Crippen molar-refractivity contribution in [1.29, 1.82) is 0 Å². The van der Waals surface area contributed by atoms with E-state index in [1.165, 1.54) is 5.56 Å². The van der Waals surface area contributed by atoms with Crippen LogP contribution in [0, 0.1) is 0 Å². The highest BCUT2D eigenvalue weighted by Gasteiger charge is 2.15. The average Bonchev–Trinajstić information content (AvgIpc) is 2.35. The summed E-state index contributed by atoms with van der Waals surface area (Å²) in [6.07, 6.45) is 1.25. The molecule has 0 amide bonds. The molecule has 0 spiro atoms. The van der Waals surface area contributed by atoms with E-state index in [0.29, 0.717) is 18.9 Å². The maximum Gasteiger partial charge on any atom is 0.133 e. The van der Waals surface area contributed by atoms with Gasteiger partial charge in [0.25, 0.3) is 0 Å². The standard InChI is InChI=1S/C13H20BrNO2/c1-3-9(6-11(16)8-15)10-4-5-13(17-2)12(14)7-10/h4-5,7,9,11,16H,3,6,8,15H2,1-2H3. The number of benzene rings is 1. The predicted molar refractivity (Wildman–Crippen MR) is 73.4 cm³/mol. The molecule has 1 rings (SSSR count). The van der Waals surface area contributed by atoms with E-state index < -0.39 is 6.10 Å². The van der Waals surface area contributed by atoms with E-state index in [-0.39, 0.29) is 0 Å². The fraction of sp³-hybridized carbons (Fsp3) is 0.538. The van der Waals surface area contributed by atoms with E-state index in [4.69, 9.17) is 10.5 Å². The van der Waals surface area contributed by atoms with Gasteiger partial charge in [-0.1, -0.05) is 13.0 Å². The number of aliphatic hydroxyl groups is 1. The van der Waals surface area contributed by atoms with Crippen LogP contribution >= 0.6 is 15.9 Å². The molecule has 2 atom stereocenters. The molecule has 0 fully saturated rings. The van der Waals surface area contributed by atoms with Gasteiger partial charge >= 0.3 is 0 Å². The SMILES string of the molecule is CCC(CC(O)CN)c1ccc(OC)c(Br)c1. The van der Waals surface area contributed by atoms with Crippen molar-refractivity contribution < 1.29 is 9.84 Å². The van der Waals surface area contributed by atoms with Gasteiger partial charge in [0.2, 0.25) is 0 Å². The molecule has 0 saturated carbocycles. The molecule has 1 aromatic rings. The van der Waals surface area contributed by atoms with Crippen molar-refractivity contribution in [2.45, 2.75) is 31.8 Å². The molecular formula is C13H20BrNO2. The summed E-state index contributed by atoms with van der Waals surface area (Å²) in [4.78, 5) is 0. The van der Waals surface area contributed by atoms with Gasteiger partial charge in [0.15, 0.2) is 0 Å². The predicted octanol–water partition coefficient (Wildman–Crippen LogP) is 2.66. The topological polar surface area (TPSA) is 55.5 Å². The molecule has 0 aromatic heterocycles. The van der Waals surface area contributed by atoms with Crippen molar-refractivity contribution >= 4 is 15.9 Å². The Morgan fingerprint density at radius 2 is 2.18 bits per heavy atom. The lowest BCUT2D eigenvalue weighted by molar-refractivity contribution is 0.162. The summed E-state index contributed by atoms with van der Waals surface area (Å²) < 4.78 is 6.14. The first-order valence-electron chi connectivity index (χ1n) is 5.83. The van der Waals surface area contributed by atoms with Crippen LogP contribution in [0.1, 0.15) is 31.2 Å². The molecule has 17 heavy (non-hydrogen) atoms. The molecule has 96 valence electrons. The summed E-state index contributed by atoms with van der Waals surface area (Å²) in [7, 11) is 1.65. The van der Waals surface area contributed by atoms with Crippen LogP contribution in [0.4, 0.5) is 0 Å². The first-order chi connectivity index (χ1) is 8.12. The van der Waals surface area contributed by atoms with Gasteiger partial charge in [-0.05, 0) is 52.4 Å².